The van der Waals surface area contributed by atoms with Crippen molar-refractivity contribution in [2.45, 2.75) is 31.7 Å². The quantitative estimate of drug-likeness (QED) is 0.642. The molecule has 1 atom stereocenters. The standard InChI is InChI=1S/C19H22N4O3S/c24-16(20-10-8-17-21-11-13-27-17)7-6-15-18(25)23(19(26)22-15)12-9-14-4-2-1-3-5-14/h1-5,11,13,15H,6-10,12H2,(H,20,24)(H,22,26). The van der Waals surface area contributed by atoms with Crippen molar-refractivity contribution in [3.8, 4) is 0 Å². The van der Waals surface area contributed by atoms with E-state index in [-0.39, 0.29) is 24.3 Å². The molecule has 0 bridgehead atoms. The molecule has 1 aromatic heterocycles. The van der Waals surface area contributed by atoms with Crippen molar-refractivity contribution >= 4 is 29.2 Å². The Kier molecular flexibility index (Phi) is 6.54. The van der Waals surface area contributed by atoms with E-state index in [1.54, 1.807) is 17.5 Å². The second kappa shape index (κ2) is 9.27. The first-order valence-electron chi connectivity index (χ1n) is 8.94. The molecule has 1 unspecified atom stereocenters. The maximum atomic E-state index is 12.4. The number of rotatable bonds is 9. The first-order chi connectivity index (χ1) is 13.1. The van der Waals surface area contributed by atoms with E-state index >= 15 is 0 Å². The molecule has 0 spiro atoms. The number of carbonyl (C=O) groups excluding carboxylic acids is 3. The Morgan fingerprint density at radius 3 is 2.78 bits per heavy atom. The van der Waals surface area contributed by atoms with Gasteiger partial charge in [0.15, 0.2) is 0 Å². The lowest BCUT2D eigenvalue weighted by molar-refractivity contribution is -0.127. The summed E-state index contributed by atoms with van der Waals surface area (Å²) in [4.78, 5) is 41.8. The number of nitrogens with zero attached hydrogens (tertiary/aromatic N) is 2. The fraction of sp³-hybridized carbons (Fsp3) is 0.368. The fourth-order valence-electron chi connectivity index (χ4n) is 2.92. The highest BCUT2D eigenvalue weighted by atomic mass is 32.1. The lowest BCUT2D eigenvalue weighted by Gasteiger charge is -2.13. The summed E-state index contributed by atoms with van der Waals surface area (Å²) in [5.74, 6) is -0.386. The van der Waals surface area contributed by atoms with Crippen molar-refractivity contribution in [3.63, 3.8) is 0 Å². The molecule has 2 N–H and O–H groups in total. The SMILES string of the molecule is O=C(CCC1NC(=O)N(CCc2ccccc2)C1=O)NCCc1nccs1. The number of imide groups is 1. The third kappa shape index (κ3) is 5.37. The van der Waals surface area contributed by atoms with Crippen molar-refractivity contribution in [2.75, 3.05) is 13.1 Å². The Morgan fingerprint density at radius 1 is 1.22 bits per heavy atom. The van der Waals surface area contributed by atoms with Gasteiger partial charge in [-0.1, -0.05) is 30.3 Å². The van der Waals surface area contributed by atoms with Crippen LogP contribution in [0.2, 0.25) is 0 Å². The highest BCUT2D eigenvalue weighted by molar-refractivity contribution is 7.09. The predicted molar refractivity (Wildman–Crippen MR) is 102 cm³/mol. The Hall–Kier alpha value is -2.74. The minimum Gasteiger partial charge on any atom is -0.356 e. The second-order valence-electron chi connectivity index (χ2n) is 6.29. The maximum Gasteiger partial charge on any atom is 0.324 e. The molecule has 1 fully saturated rings. The Labute approximate surface area is 161 Å². The number of benzene rings is 1. The van der Waals surface area contributed by atoms with Crippen LogP contribution in [-0.2, 0) is 22.4 Å². The number of hydrogen-bond donors (Lipinski definition) is 2. The summed E-state index contributed by atoms with van der Waals surface area (Å²) in [6.45, 7) is 0.853. The van der Waals surface area contributed by atoms with Gasteiger partial charge in [-0.05, 0) is 18.4 Å². The average Bonchev–Trinajstić information content (AvgIpc) is 3.28. The van der Waals surface area contributed by atoms with E-state index in [0.29, 0.717) is 32.4 Å². The number of aromatic nitrogens is 1. The highest BCUT2D eigenvalue weighted by Gasteiger charge is 2.37. The van der Waals surface area contributed by atoms with E-state index in [0.717, 1.165) is 10.6 Å². The number of amides is 4. The van der Waals surface area contributed by atoms with Gasteiger partial charge in [-0.2, -0.15) is 0 Å². The largest absolute Gasteiger partial charge is 0.356 e. The van der Waals surface area contributed by atoms with Crippen LogP contribution in [0.15, 0.2) is 41.9 Å². The molecule has 1 aromatic carbocycles. The summed E-state index contributed by atoms with van der Waals surface area (Å²) in [5.41, 5.74) is 1.07. The summed E-state index contributed by atoms with van der Waals surface area (Å²) in [6.07, 6.45) is 3.54. The molecular weight excluding hydrogens is 364 g/mol. The molecule has 0 saturated carbocycles. The van der Waals surface area contributed by atoms with Gasteiger partial charge < -0.3 is 10.6 Å². The molecule has 1 aliphatic heterocycles. The molecule has 2 aromatic rings. The lowest BCUT2D eigenvalue weighted by Crippen LogP contribution is -2.34. The van der Waals surface area contributed by atoms with Gasteiger partial charge in [-0.25, -0.2) is 9.78 Å². The van der Waals surface area contributed by atoms with E-state index in [2.05, 4.69) is 15.6 Å². The number of thiazole rings is 1. The van der Waals surface area contributed by atoms with Crippen molar-refractivity contribution in [1.29, 1.82) is 0 Å². The highest BCUT2D eigenvalue weighted by Crippen LogP contribution is 2.13. The number of nitrogens with one attached hydrogen (secondary N) is 2. The maximum absolute atomic E-state index is 12.4. The van der Waals surface area contributed by atoms with E-state index in [9.17, 15) is 14.4 Å². The average molecular weight is 386 g/mol. The van der Waals surface area contributed by atoms with Crippen molar-refractivity contribution < 1.29 is 14.4 Å². The molecule has 0 radical (unpaired) electrons. The second-order valence-corrected chi connectivity index (χ2v) is 7.27. The summed E-state index contributed by atoms with van der Waals surface area (Å²) in [7, 11) is 0. The van der Waals surface area contributed by atoms with Crippen molar-refractivity contribution in [1.82, 2.24) is 20.5 Å². The van der Waals surface area contributed by atoms with Gasteiger partial charge in [0, 0.05) is 37.5 Å². The van der Waals surface area contributed by atoms with E-state index in [1.807, 2.05) is 35.7 Å². The van der Waals surface area contributed by atoms with Gasteiger partial charge in [0.2, 0.25) is 5.91 Å². The third-order valence-corrected chi connectivity index (χ3v) is 5.22. The van der Waals surface area contributed by atoms with Crippen LogP contribution < -0.4 is 10.6 Å². The summed E-state index contributed by atoms with van der Waals surface area (Å²) < 4.78 is 0. The summed E-state index contributed by atoms with van der Waals surface area (Å²) in [5, 5.41) is 8.36. The smallest absolute Gasteiger partial charge is 0.324 e. The van der Waals surface area contributed by atoms with E-state index in [4.69, 9.17) is 0 Å². The molecule has 3 rings (SSSR count). The predicted octanol–water partition coefficient (Wildman–Crippen LogP) is 1.75. The lowest BCUT2D eigenvalue weighted by atomic mass is 10.1. The van der Waals surface area contributed by atoms with Crippen LogP contribution in [0.3, 0.4) is 0 Å². The molecule has 2 heterocycles. The first kappa shape index (κ1) is 19.0. The van der Waals surface area contributed by atoms with Gasteiger partial charge in [0.25, 0.3) is 5.91 Å². The van der Waals surface area contributed by atoms with Crippen LogP contribution in [0.25, 0.3) is 0 Å². The molecule has 4 amide bonds. The van der Waals surface area contributed by atoms with Crippen LogP contribution in [0.4, 0.5) is 4.79 Å². The first-order valence-corrected chi connectivity index (χ1v) is 9.82. The monoisotopic (exact) mass is 386 g/mol. The molecular formula is C19H22N4O3S. The van der Waals surface area contributed by atoms with Crippen LogP contribution in [0, 0.1) is 0 Å². The molecule has 142 valence electrons. The molecule has 1 aliphatic rings. The van der Waals surface area contributed by atoms with Crippen LogP contribution in [-0.4, -0.2) is 46.9 Å². The summed E-state index contributed by atoms with van der Waals surface area (Å²) >= 11 is 1.55. The van der Waals surface area contributed by atoms with Gasteiger partial charge in [-0.15, -0.1) is 11.3 Å². The zero-order valence-electron chi connectivity index (χ0n) is 14.9. The minimum atomic E-state index is -0.627. The van der Waals surface area contributed by atoms with E-state index in [1.165, 1.54) is 4.90 Å². The molecule has 7 nitrogen and oxygen atoms in total. The fourth-order valence-corrected chi connectivity index (χ4v) is 3.54. The summed E-state index contributed by atoms with van der Waals surface area (Å²) in [6, 6.07) is 8.70. The third-order valence-electron chi connectivity index (χ3n) is 4.38. The van der Waals surface area contributed by atoms with Crippen LogP contribution in [0.1, 0.15) is 23.4 Å². The zero-order valence-corrected chi connectivity index (χ0v) is 15.7. The normalized spacial score (nSPS) is 16.4. The van der Waals surface area contributed by atoms with Crippen LogP contribution in [0.5, 0.6) is 0 Å². The van der Waals surface area contributed by atoms with Gasteiger partial charge >= 0.3 is 6.03 Å². The topological polar surface area (TPSA) is 91.4 Å². The van der Waals surface area contributed by atoms with Gasteiger partial charge in [0.1, 0.15) is 6.04 Å². The van der Waals surface area contributed by atoms with Crippen molar-refractivity contribution in [3.05, 3.63) is 52.5 Å². The Balaban J connectivity index is 1.39. The van der Waals surface area contributed by atoms with Gasteiger partial charge in [-0.3, -0.25) is 14.5 Å². The zero-order chi connectivity index (χ0) is 19.1. The van der Waals surface area contributed by atoms with E-state index < -0.39 is 6.04 Å². The van der Waals surface area contributed by atoms with Crippen molar-refractivity contribution in [2.24, 2.45) is 0 Å². The number of hydrogen-bond acceptors (Lipinski definition) is 5. The number of carbonyl (C=O) groups is 3. The molecule has 0 aliphatic carbocycles. The number of urea groups is 1. The molecule has 1 saturated heterocycles. The Bertz CT molecular complexity index is 780. The molecule has 8 heteroatoms. The Morgan fingerprint density at radius 2 is 2.04 bits per heavy atom. The molecule has 27 heavy (non-hydrogen) atoms. The van der Waals surface area contributed by atoms with Gasteiger partial charge in [0.05, 0.1) is 5.01 Å². The van der Waals surface area contributed by atoms with Crippen LogP contribution >= 0.6 is 11.3 Å². The minimum absolute atomic E-state index is 0.128.